The van der Waals surface area contributed by atoms with Gasteiger partial charge >= 0.3 is 0 Å². The summed E-state index contributed by atoms with van der Waals surface area (Å²) in [6, 6.07) is 18.3. The summed E-state index contributed by atoms with van der Waals surface area (Å²) < 4.78 is 40.7. The molecule has 33 heavy (non-hydrogen) atoms. The van der Waals surface area contributed by atoms with Gasteiger partial charge < -0.3 is 19.4 Å². The first kappa shape index (κ1) is 20.8. The van der Waals surface area contributed by atoms with Gasteiger partial charge in [-0.15, -0.1) is 0 Å². The third-order valence-electron chi connectivity index (χ3n) is 5.32. The second kappa shape index (κ2) is 8.14. The number of hydrogen-bond donors (Lipinski definition) is 2. The zero-order valence-electron chi connectivity index (χ0n) is 17.6. The lowest BCUT2D eigenvalue weighted by atomic mass is 10.2. The Bertz CT molecular complexity index is 1480. The van der Waals surface area contributed by atoms with E-state index in [0.29, 0.717) is 23.0 Å². The number of nitrogens with one attached hydrogen (secondary N) is 2. The van der Waals surface area contributed by atoms with E-state index < -0.39 is 15.9 Å². The van der Waals surface area contributed by atoms with Crippen molar-refractivity contribution in [3.8, 4) is 11.5 Å². The number of sulfonamides is 1. The third-order valence-corrected chi connectivity index (χ3v) is 6.70. The molecule has 0 unspecified atom stereocenters. The molecule has 0 fully saturated rings. The van der Waals surface area contributed by atoms with E-state index in [9.17, 15) is 13.2 Å². The van der Waals surface area contributed by atoms with Crippen LogP contribution in [0.25, 0.3) is 11.0 Å². The van der Waals surface area contributed by atoms with Crippen LogP contribution in [-0.2, 0) is 23.6 Å². The molecular weight excluding hydrogens is 444 g/mol. The van der Waals surface area contributed by atoms with E-state index in [1.807, 2.05) is 35.9 Å². The average Bonchev–Trinajstić information content (AvgIpc) is 3.41. The highest BCUT2D eigenvalue weighted by Gasteiger charge is 2.19. The molecule has 10 heteroatoms. The first-order chi connectivity index (χ1) is 15.9. The van der Waals surface area contributed by atoms with Gasteiger partial charge in [0.15, 0.2) is 11.5 Å². The first-order valence-corrected chi connectivity index (χ1v) is 11.6. The van der Waals surface area contributed by atoms with Crippen molar-refractivity contribution < 1.29 is 22.7 Å². The van der Waals surface area contributed by atoms with E-state index in [1.165, 1.54) is 18.2 Å². The SMILES string of the molecule is Cn1c(CNC(=O)c2cccc(S(=O)(=O)Nc3ccc4c(c3)OCO4)c2)nc2ccccc21. The highest BCUT2D eigenvalue weighted by molar-refractivity contribution is 7.92. The lowest BCUT2D eigenvalue weighted by molar-refractivity contribution is 0.0949. The van der Waals surface area contributed by atoms with Crippen molar-refractivity contribution in [3.05, 3.63) is 78.1 Å². The number of aryl methyl sites for hydroxylation is 1. The Kier molecular flexibility index (Phi) is 5.14. The van der Waals surface area contributed by atoms with Crippen molar-refractivity contribution >= 4 is 32.7 Å². The minimum Gasteiger partial charge on any atom is -0.454 e. The molecule has 9 nitrogen and oxygen atoms in total. The average molecular weight is 465 g/mol. The lowest BCUT2D eigenvalue weighted by Crippen LogP contribution is -2.24. The largest absolute Gasteiger partial charge is 0.454 e. The van der Waals surface area contributed by atoms with Crippen LogP contribution in [0.3, 0.4) is 0 Å². The second-order valence-corrected chi connectivity index (χ2v) is 9.14. The fourth-order valence-corrected chi connectivity index (χ4v) is 4.69. The number of imidazole rings is 1. The van der Waals surface area contributed by atoms with Crippen molar-refractivity contribution in [1.82, 2.24) is 14.9 Å². The molecule has 0 aliphatic carbocycles. The molecule has 1 amide bonds. The smallest absolute Gasteiger partial charge is 0.261 e. The molecule has 0 saturated carbocycles. The molecular formula is C23H20N4O5S. The highest BCUT2D eigenvalue weighted by Crippen LogP contribution is 2.34. The van der Waals surface area contributed by atoms with Gasteiger partial charge in [0.25, 0.3) is 15.9 Å². The number of hydrogen-bond acceptors (Lipinski definition) is 6. The molecule has 2 heterocycles. The fraction of sp³-hybridized carbons (Fsp3) is 0.130. The van der Waals surface area contributed by atoms with Gasteiger partial charge in [-0.1, -0.05) is 18.2 Å². The Balaban J connectivity index is 1.31. The number of carbonyl (C=O) groups is 1. The minimum atomic E-state index is -3.92. The standard InChI is InChI=1S/C23H20N4O5S/c1-27-19-8-3-2-7-18(19)25-22(27)13-24-23(28)15-5-4-6-17(11-15)33(29,30)26-16-9-10-20-21(12-16)32-14-31-20/h2-12,26H,13-14H2,1H3,(H,24,28). The predicted octanol–water partition coefficient (Wildman–Crippen LogP) is 3.03. The van der Waals surface area contributed by atoms with Gasteiger partial charge in [0.2, 0.25) is 6.79 Å². The maximum Gasteiger partial charge on any atom is 0.261 e. The quantitative estimate of drug-likeness (QED) is 0.454. The monoisotopic (exact) mass is 464 g/mol. The van der Waals surface area contributed by atoms with Gasteiger partial charge in [0, 0.05) is 18.7 Å². The number of benzene rings is 3. The summed E-state index contributed by atoms with van der Waals surface area (Å²) in [4.78, 5) is 17.2. The molecule has 1 aromatic heterocycles. The Morgan fingerprint density at radius 3 is 2.70 bits per heavy atom. The van der Waals surface area contributed by atoms with E-state index >= 15 is 0 Å². The van der Waals surface area contributed by atoms with Crippen molar-refractivity contribution in [2.45, 2.75) is 11.4 Å². The number of para-hydroxylation sites is 2. The molecule has 1 aliphatic rings. The van der Waals surface area contributed by atoms with Crippen LogP contribution in [0.5, 0.6) is 11.5 Å². The van der Waals surface area contributed by atoms with E-state index in [-0.39, 0.29) is 23.8 Å². The number of amides is 1. The van der Waals surface area contributed by atoms with E-state index in [0.717, 1.165) is 11.0 Å². The van der Waals surface area contributed by atoms with Crippen molar-refractivity contribution in [2.24, 2.45) is 7.05 Å². The van der Waals surface area contributed by atoms with Crippen LogP contribution in [0.15, 0.2) is 71.6 Å². The molecule has 5 rings (SSSR count). The van der Waals surface area contributed by atoms with Gasteiger partial charge in [-0.25, -0.2) is 13.4 Å². The number of anilines is 1. The zero-order valence-corrected chi connectivity index (χ0v) is 18.4. The number of nitrogens with zero attached hydrogens (tertiary/aromatic N) is 2. The van der Waals surface area contributed by atoms with Crippen LogP contribution in [0.2, 0.25) is 0 Å². The summed E-state index contributed by atoms with van der Waals surface area (Å²) in [5, 5.41) is 2.81. The van der Waals surface area contributed by atoms with Gasteiger partial charge in [0.1, 0.15) is 5.82 Å². The molecule has 0 radical (unpaired) electrons. The Hall–Kier alpha value is -4.05. The summed E-state index contributed by atoms with van der Waals surface area (Å²) in [6.07, 6.45) is 0. The molecule has 0 bridgehead atoms. The molecule has 0 atom stereocenters. The molecule has 0 spiro atoms. The highest BCUT2D eigenvalue weighted by atomic mass is 32.2. The number of carbonyl (C=O) groups excluding carboxylic acids is 1. The van der Waals surface area contributed by atoms with Gasteiger partial charge in [-0.3, -0.25) is 9.52 Å². The first-order valence-electron chi connectivity index (χ1n) is 10.1. The number of aromatic nitrogens is 2. The van der Waals surface area contributed by atoms with Crippen LogP contribution in [0.4, 0.5) is 5.69 Å². The second-order valence-electron chi connectivity index (χ2n) is 7.46. The number of rotatable bonds is 6. The van der Waals surface area contributed by atoms with Crippen LogP contribution >= 0.6 is 0 Å². The van der Waals surface area contributed by atoms with E-state index in [1.54, 1.807) is 24.3 Å². The Morgan fingerprint density at radius 1 is 1.03 bits per heavy atom. The van der Waals surface area contributed by atoms with Crippen LogP contribution in [0, 0.1) is 0 Å². The summed E-state index contributed by atoms with van der Waals surface area (Å²) in [6.45, 7) is 0.299. The Labute approximate surface area is 190 Å². The predicted molar refractivity (Wildman–Crippen MR) is 122 cm³/mol. The zero-order chi connectivity index (χ0) is 23.0. The van der Waals surface area contributed by atoms with Crippen LogP contribution in [-0.4, -0.2) is 30.7 Å². The maximum absolute atomic E-state index is 12.9. The van der Waals surface area contributed by atoms with E-state index in [4.69, 9.17) is 9.47 Å². The lowest BCUT2D eigenvalue weighted by Gasteiger charge is -2.10. The molecule has 4 aromatic rings. The molecule has 3 aromatic carbocycles. The summed E-state index contributed by atoms with van der Waals surface area (Å²) in [5.41, 5.74) is 2.36. The third kappa shape index (κ3) is 4.08. The number of fused-ring (bicyclic) bond motifs is 2. The molecule has 1 aliphatic heterocycles. The summed E-state index contributed by atoms with van der Waals surface area (Å²) in [5.74, 6) is 1.31. The number of ether oxygens (including phenoxy) is 2. The van der Waals surface area contributed by atoms with E-state index in [2.05, 4.69) is 15.0 Å². The van der Waals surface area contributed by atoms with Gasteiger partial charge in [-0.2, -0.15) is 0 Å². The maximum atomic E-state index is 12.9. The topological polar surface area (TPSA) is 112 Å². The van der Waals surface area contributed by atoms with Crippen LogP contribution in [0.1, 0.15) is 16.2 Å². The molecule has 0 saturated heterocycles. The van der Waals surface area contributed by atoms with Gasteiger partial charge in [0.05, 0.1) is 28.2 Å². The van der Waals surface area contributed by atoms with Crippen molar-refractivity contribution in [3.63, 3.8) is 0 Å². The van der Waals surface area contributed by atoms with Crippen LogP contribution < -0.4 is 19.5 Å². The van der Waals surface area contributed by atoms with Gasteiger partial charge in [-0.05, 0) is 42.5 Å². The Morgan fingerprint density at radius 2 is 1.85 bits per heavy atom. The molecule has 168 valence electrons. The fourth-order valence-electron chi connectivity index (χ4n) is 3.59. The van der Waals surface area contributed by atoms with Crippen molar-refractivity contribution in [1.29, 1.82) is 0 Å². The summed E-state index contributed by atoms with van der Waals surface area (Å²) >= 11 is 0. The minimum absolute atomic E-state index is 0.0319. The van der Waals surface area contributed by atoms with Crippen molar-refractivity contribution in [2.75, 3.05) is 11.5 Å². The summed E-state index contributed by atoms with van der Waals surface area (Å²) in [7, 11) is -2.04. The normalized spacial score (nSPS) is 12.6. The molecule has 2 N–H and O–H groups in total.